The van der Waals surface area contributed by atoms with Crippen LogP contribution in [0.15, 0.2) is 30.3 Å². The SMILES string of the molecule is CCc1cc(C(=O)NC2c3ccccc3CC2Br)n(C)n1. The predicted molar refractivity (Wildman–Crippen MR) is 85.7 cm³/mol. The number of hydrogen-bond acceptors (Lipinski definition) is 2. The number of alkyl halides is 1. The fraction of sp³-hybridized carbons (Fsp3) is 0.375. The number of rotatable bonds is 3. The number of halogens is 1. The number of amides is 1. The highest BCUT2D eigenvalue weighted by Crippen LogP contribution is 2.35. The molecule has 1 N–H and O–H groups in total. The van der Waals surface area contributed by atoms with Crippen molar-refractivity contribution in [2.75, 3.05) is 0 Å². The number of aromatic nitrogens is 2. The van der Waals surface area contributed by atoms with Gasteiger partial charge in [0, 0.05) is 11.9 Å². The Labute approximate surface area is 132 Å². The second kappa shape index (κ2) is 5.64. The molecule has 1 heterocycles. The van der Waals surface area contributed by atoms with Gasteiger partial charge in [-0.05, 0) is 30.0 Å². The van der Waals surface area contributed by atoms with Crippen molar-refractivity contribution in [1.29, 1.82) is 0 Å². The number of carbonyl (C=O) groups excluding carboxylic acids is 1. The minimum Gasteiger partial charge on any atom is -0.343 e. The van der Waals surface area contributed by atoms with Gasteiger partial charge in [0.25, 0.3) is 5.91 Å². The number of fused-ring (bicyclic) bond motifs is 1. The second-order valence-corrected chi connectivity index (χ2v) is 6.54. The summed E-state index contributed by atoms with van der Waals surface area (Å²) in [4.78, 5) is 12.7. The summed E-state index contributed by atoms with van der Waals surface area (Å²) in [7, 11) is 1.81. The molecule has 0 bridgehead atoms. The summed E-state index contributed by atoms with van der Waals surface area (Å²) in [5.41, 5.74) is 4.04. The summed E-state index contributed by atoms with van der Waals surface area (Å²) in [6.45, 7) is 2.03. The molecule has 0 radical (unpaired) electrons. The van der Waals surface area contributed by atoms with E-state index in [0.29, 0.717) is 5.69 Å². The summed E-state index contributed by atoms with van der Waals surface area (Å²) in [6.07, 6.45) is 1.77. The van der Waals surface area contributed by atoms with Crippen LogP contribution < -0.4 is 5.32 Å². The second-order valence-electron chi connectivity index (χ2n) is 5.37. The maximum absolute atomic E-state index is 12.5. The topological polar surface area (TPSA) is 46.9 Å². The molecule has 1 aliphatic rings. The van der Waals surface area contributed by atoms with Crippen molar-refractivity contribution in [1.82, 2.24) is 15.1 Å². The molecule has 0 saturated carbocycles. The zero-order valence-corrected chi connectivity index (χ0v) is 13.7. The zero-order valence-electron chi connectivity index (χ0n) is 12.1. The lowest BCUT2D eigenvalue weighted by molar-refractivity contribution is 0.0928. The van der Waals surface area contributed by atoms with Gasteiger partial charge in [-0.25, -0.2) is 0 Å². The van der Waals surface area contributed by atoms with Crippen LogP contribution in [0, 0.1) is 0 Å². The Morgan fingerprint density at radius 2 is 2.24 bits per heavy atom. The number of benzene rings is 1. The van der Waals surface area contributed by atoms with Gasteiger partial charge in [0.1, 0.15) is 5.69 Å². The molecule has 0 fully saturated rings. The first-order valence-corrected chi connectivity index (χ1v) is 8.07. The van der Waals surface area contributed by atoms with E-state index >= 15 is 0 Å². The van der Waals surface area contributed by atoms with Crippen LogP contribution in [-0.2, 0) is 19.9 Å². The van der Waals surface area contributed by atoms with E-state index in [2.05, 4.69) is 38.5 Å². The fourth-order valence-corrected chi connectivity index (χ4v) is 3.61. The van der Waals surface area contributed by atoms with Crippen molar-refractivity contribution in [2.45, 2.75) is 30.6 Å². The van der Waals surface area contributed by atoms with Crippen LogP contribution in [0.3, 0.4) is 0 Å². The highest BCUT2D eigenvalue weighted by Gasteiger charge is 2.32. The van der Waals surface area contributed by atoms with Crippen LogP contribution in [0.1, 0.15) is 40.3 Å². The lowest BCUT2D eigenvalue weighted by atomic mass is 10.1. The Hall–Kier alpha value is -1.62. The molecule has 0 aliphatic heterocycles. The lowest BCUT2D eigenvalue weighted by Gasteiger charge is -2.17. The molecule has 2 unspecified atom stereocenters. The van der Waals surface area contributed by atoms with Crippen molar-refractivity contribution in [3.8, 4) is 0 Å². The molecule has 1 aromatic heterocycles. The fourth-order valence-electron chi connectivity index (χ4n) is 2.84. The molecular weight excluding hydrogens is 330 g/mol. The molecule has 2 atom stereocenters. The quantitative estimate of drug-likeness (QED) is 0.867. The summed E-state index contributed by atoms with van der Waals surface area (Å²) in [5, 5.41) is 7.46. The van der Waals surface area contributed by atoms with E-state index in [9.17, 15) is 4.79 Å². The zero-order chi connectivity index (χ0) is 15.0. The number of hydrogen-bond donors (Lipinski definition) is 1. The van der Waals surface area contributed by atoms with Crippen LogP contribution in [0.2, 0.25) is 0 Å². The minimum atomic E-state index is -0.0733. The minimum absolute atomic E-state index is 0.00803. The Kier molecular flexibility index (Phi) is 3.85. The van der Waals surface area contributed by atoms with Gasteiger partial charge in [0.15, 0.2) is 0 Å². The summed E-state index contributed by atoms with van der Waals surface area (Å²) >= 11 is 3.69. The van der Waals surface area contributed by atoms with E-state index in [-0.39, 0.29) is 16.8 Å². The molecule has 0 saturated heterocycles. The van der Waals surface area contributed by atoms with Gasteiger partial charge in [-0.1, -0.05) is 47.1 Å². The van der Waals surface area contributed by atoms with Gasteiger partial charge in [0.2, 0.25) is 0 Å². The molecule has 21 heavy (non-hydrogen) atoms. The van der Waals surface area contributed by atoms with Gasteiger partial charge in [0.05, 0.1) is 11.7 Å². The molecule has 1 amide bonds. The summed E-state index contributed by atoms with van der Waals surface area (Å²) in [5.74, 6) is -0.0733. The van der Waals surface area contributed by atoms with Crippen LogP contribution in [0.25, 0.3) is 0 Å². The van der Waals surface area contributed by atoms with E-state index in [1.165, 1.54) is 11.1 Å². The number of carbonyl (C=O) groups is 1. The Bertz CT molecular complexity index is 680. The first-order valence-electron chi connectivity index (χ1n) is 7.15. The highest BCUT2D eigenvalue weighted by molar-refractivity contribution is 9.09. The van der Waals surface area contributed by atoms with Crippen LogP contribution >= 0.6 is 15.9 Å². The molecule has 0 spiro atoms. The standard InChI is InChI=1S/C16H18BrN3O/c1-3-11-9-14(20(2)19-11)16(21)18-15-12-7-5-4-6-10(12)8-13(15)17/h4-7,9,13,15H,3,8H2,1-2H3,(H,18,21). The molecule has 110 valence electrons. The number of nitrogens with zero attached hydrogens (tertiary/aromatic N) is 2. The first-order chi connectivity index (χ1) is 10.1. The number of aryl methyl sites for hydroxylation is 2. The monoisotopic (exact) mass is 347 g/mol. The van der Waals surface area contributed by atoms with Gasteiger partial charge >= 0.3 is 0 Å². The van der Waals surface area contributed by atoms with E-state index in [1.54, 1.807) is 4.68 Å². The molecule has 3 rings (SSSR count). The number of nitrogens with one attached hydrogen (secondary N) is 1. The van der Waals surface area contributed by atoms with Crippen molar-refractivity contribution in [2.24, 2.45) is 7.05 Å². The molecule has 5 heteroatoms. The maximum Gasteiger partial charge on any atom is 0.270 e. The summed E-state index contributed by atoms with van der Waals surface area (Å²) in [6, 6.07) is 10.1. The third kappa shape index (κ3) is 2.62. The predicted octanol–water partition coefficient (Wildman–Crippen LogP) is 2.77. The Morgan fingerprint density at radius 1 is 1.48 bits per heavy atom. The largest absolute Gasteiger partial charge is 0.343 e. The van der Waals surface area contributed by atoms with Crippen LogP contribution in [0.5, 0.6) is 0 Å². The van der Waals surface area contributed by atoms with Crippen molar-refractivity contribution >= 4 is 21.8 Å². The van der Waals surface area contributed by atoms with Gasteiger partial charge in [-0.15, -0.1) is 0 Å². The van der Waals surface area contributed by atoms with E-state index in [0.717, 1.165) is 18.5 Å². The van der Waals surface area contributed by atoms with Gasteiger partial charge in [-0.3, -0.25) is 9.48 Å². The van der Waals surface area contributed by atoms with Crippen molar-refractivity contribution in [3.63, 3.8) is 0 Å². The highest BCUT2D eigenvalue weighted by atomic mass is 79.9. The van der Waals surface area contributed by atoms with Gasteiger partial charge in [-0.2, -0.15) is 5.10 Å². The maximum atomic E-state index is 12.5. The lowest BCUT2D eigenvalue weighted by Crippen LogP contribution is -2.32. The molecule has 4 nitrogen and oxygen atoms in total. The van der Waals surface area contributed by atoms with Gasteiger partial charge < -0.3 is 5.32 Å². The van der Waals surface area contributed by atoms with Crippen molar-refractivity contribution < 1.29 is 4.79 Å². The summed E-state index contributed by atoms with van der Waals surface area (Å²) < 4.78 is 1.65. The molecular formula is C16H18BrN3O. The third-order valence-electron chi connectivity index (χ3n) is 3.98. The third-order valence-corrected chi connectivity index (χ3v) is 4.83. The van der Waals surface area contributed by atoms with E-state index < -0.39 is 0 Å². The van der Waals surface area contributed by atoms with E-state index in [1.807, 2.05) is 32.2 Å². The molecule has 1 aliphatic carbocycles. The van der Waals surface area contributed by atoms with E-state index in [4.69, 9.17) is 0 Å². The van der Waals surface area contributed by atoms with Crippen LogP contribution in [-0.4, -0.2) is 20.5 Å². The Balaban J connectivity index is 1.83. The average Bonchev–Trinajstić information content (AvgIpc) is 3.00. The average molecular weight is 348 g/mol. The molecule has 1 aromatic carbocycles. The smallest absolute Gasteiger partial charge is 0.270 e. The Morgan fingerprint density at radius 3 is 2.95 bits per heavy atom. The first kappa shape index (κ1) is 14.3. The molecule has 2 aromatic rings. The van der Waals surface area contributed by atoms with Crippen LogP contribution in [0.4, 0.5) is 0 Å². The van der Waals surface area contributed by atoms with Crippen molar-refractivity contribution in [3.05, 3.63) is 52.8 Å². The normalized spacial score (nSPS) is 20.3.